The van der Waals surface area contributed by atoms with Crippen LogP contribution in [0, 0.1) is 10.1 Å². The summed E-state index contributed by atoms with van der Waals surface area (Å²) in [4.78, 5) is 28.5. The van der Waals surface area contributed by atoms with Gasteiger partial charge in [0.25, 0.3) is 11.5 Å². The summed E-state index contributed by atoms with van der Waals surface area (Å²) in [6.45, 7) is 0. The number of hydrogen-bond acceptors (Lipinski definition) is 7. The van der Waals surface area contributed by atoms with Crippen molar-refractivity contribution in [1.29, 1.82) is 0 Å². The monoisotopic (exact) mass is 338 g/mol. The lowest BCUT2D eigenvalue weighted by Crippen LogP contribution is -2.45. The van der Waals surface area contributed by atoms with Crippen LogP contribution < -0.4 is 11.0 Å². The Morgan fingerprint density at radius 3 is 2.67 bits per heavy atom. The zero-order valence-corrected chi connectivity index (χ0v) is 13.4. The lowest BCUT2D eigenvalue weighted by molar-refractivity contribution is -0.446. The summed E-state index contributed by atoms with van der Waals surface area (Å²) in [5.74, 6) is -1.25. The molecular weight excluding hydrogens is 320 g/mol. The SMILES string of the molecule is COC1C=C(Cc2cnc(N[N+](=O)[O-])[nH]c2=O)C=CC1(OC)OC. The number of allylic oxidation sites excluding steroid dienone is 2. The number of ether oxygens (including phenoxy) is 3. The van der Waals surface area contributed by atoms with Crippen molar-refractivity contribution in [3.8, 4) is 0 Å². The minimum absolute atomic E-state index is 0.227. The number of H-pyrrole nitrogens is 1. The Hall–Kier alpha value is -2.56. The van der Waals surface area contributed by atoms with Crippen molar-refractivity contribution in [3.05, 3.63) is 56.0 Å². The smallest absolute Gasteiger partial charge is 0.265 e. The minimum Gasteiger partial charge on any atom is -0.371 e. The Labute approximate surface area is 137 Å². The topological polar surface area (TPSA) is 129 Å². The van der Waals surface area contributed by atoms with Crippen molar-refractivity contribution in [1.82, 2.24) is 9.97 Å². The standard InChI is InChI=1S/C14H18N4O6/c1-22-11-7-9(4-5-14(11,23-2)24-3)6-10-8-15-13(16-12(10)19)17-18(20)21/h4-5,7-8,11H,6H2,1-3H3,(H2,15,16,17,19). The van der Waals surface area contributed by atoms with Gasteiger partial charge in [-0.3, -0.25) is 9.78 Å². The van der Waals surface area contributed by atoms with Gasteiger partial charge in [0, 0.05) is 39.5 Å². The summed E-state index contributed by atoms with van der Waals surface area (Å²) in [6, 6.07) is 0. The van der Waals surface area contributed by atoms with Gasteiger partial charge in [-0.15, -0.1) is 0 Å². The Balaban J connectivity index is 2.20. The van der Waals surface area contributed by atoms with Crippen LogP contribution in [-0.4, -0.2) is 48.2 Å². The van der Waals surface area contributed by atoms with E-state index in [0.717, 1.165) is 5.57 Å². The highest BCUT2D eigenvalue weighted by Gasteiger charge is 2.38. The van der Waals surface area contributed by atoms with Crippen molar-refractivity contribution in [2.45, 2.75) is 18.3 Å². The highest BCUT2D eigenvalue weighted by molar-refractivity contribution is 5.34. The van der Waals surface area contributed by atoms with E-state index in [2.05, 4.69) is 9.97 Å². The zero-order chi connectivity index (χ0) is 17.7. The minimum atomic E-state index is -1.03. The molecule has 10 nitrogen and oxygen atoms in total. The number of hydrazine groups is 1. The number of hydrogen-bond donors (Lipinski definition) is 2. The molecule has 10 heteroatoms. The molecule has 0 fully saturated rings. The second-order valence-electron chi connectivity index (χ2n) is 4.99. The Bertz CT molecular complexity index is 722. The van der Waals surface area contributed by atoms with Gasteiger partial charge in [-0.2, -0.15) is 0 Å². The summed E-state index contributed by atoms with van der Waals surface area (Å²) in [5, 5.41) is 9.54. The Morgan fingerprint density at radius 2 is 2.12 bits per heavy atom. The van der Waals surface area contributed by atoms with E-state index in [0.29, 0.717) is 5.56 Å². The number of methoxy groups -OCH3 is 3. The number of aromatic nitrogens is 2. The number of nitro groups is 1. The maximum Gasteiger partial charge on any atom is 0.265 e. The van der Waals surface area contributed by atoms with Crippen LogP contribution >= 0.6 is 0 Å². The van der Waals surface area contributed by atoms with E-state index >= 15 is 0 Å². The van der Waals surface area contributed by atoms with Crippen LogP contribution in [0.4, 0.5) is 5.95 Å². The van der Waals surface area contributed by atoms with Crippen LogP contribution in [0.1, 0.15) is 5.56 Å². The van der Waals surface area contributed by atoms with Crippen LogP contribution in [0.3, 0.4) is 0 Å². The Kier molecular flexibility index (Phi) is 5.44. The van der Waals surface area contributed by atoms with Crippen LogP contribution in [0.15, 0.2) is 34.8 Å². The molecule has 1 atom stereocenters. The quantitative estimate of drug-likeness (QED) is 0.416. The van der Waals surface area contributed by atoms with Gasteiger partial charge in [0.05, 0.1) is 0 Å². The third-order valence-corrected chi connectivity index (χ3v) is 3.65. The first-order chi connectivity index (χ1) is 11.4. The van der Waals surface area contributed by atoms with E-state index in [1.54, 1.807) is 23.7 Å². The lowest BCUT2D eigenvalue weighted by Gasteiger charge is -2.35. The number of rotatable bonds is 7. The molecule has 130 valence electrons. The summed E-state index contributed by atoms with van der Waals surface area (Å²) < 4.78 is 16.1. The van der Waals surface area contributed by atoms with Gasteiger partial charge in [-0.05, 0) is 17.7 Å². The fourth-order valence-corrected chi connectivity index (χ4v) is 2.40. The van der Waals surface area contributed by atoms with Gasteiger partial charge < -0.3 is 14.2 Å². The number of nitrogens with one attached hydrogen (secondary N) is 2. The number of aromatic amines is 1. The summed E-state index contributed by atoms with van der Waals surface area (Å²) in [6.07, 6.45) is 6.34. The third kappa shape index (κ3) is 3.67. The molecule has 0 saturated heterocycles. The maximum atomic E-state index is 12.0. The van der Waals surface area contributed by atoms with Crippen LogP contribution in [-0.2, 0) is 20.6 Å². The van der Waals surface area contributed by atoms with Gasteiger partial charge in [-0.1, -0.05) is 11.5 Å². The summed E-state index contributed by atoms with van der Waals surface area (Å²) in [5.41, 5.74) is 2.49. The van der Waals surface area contributed by atoms with Gasteiger partial charge in [0.1, 0.15) is 6.10 Å². The molecule has 1 aliphatic rings. The highest BCUT2D eigenvalue weighted by Crippen LogP contribution is 2.28. The Morgan fingerprint density at radius 1 is 1.42 bits per heavy atom. The number of nitrogens with zero attached hydrogens (tertiary/aromatic N) is 2. The molecule has 1 unspecified atom stereocenters. The highest BCUT2D eigenvalue weighted by atomic mass is 16.7. The largest absolute Gasteiger partial charge is 0.371 e. The number of anilines is 1. The van der Waals surface area contributed by atoms with Gasteiger partial charge in [-0.25, -0.2) is 15.1 Å². The van der Waals surface area contributed by atoms with Gasteiger partial charge in [0.2, 0.25) is 5.79 Å². The zero-order valence-electron chi connectivity index (χ0n) is 13.4. The second-order valence-corrected chi connectivity index (χ2v) is 4.99. The first kappa shape index (κ1) is 17.8. The average Bonchev–Trinajstić information content (AvgIpc) is 2.56. The summed E-state index contributed by atoms with van der Waals surface area (Å²) in [7, 11) is 4.54. The van der Waals surface area contributed by atoms with Gasteiger partial charge in [0.15, 0.2) is 5.03 Å². The van der Waals surface area contributed by atoms with Crippen LogP contribution in [0.5, 0.6) is 0 Å². The van der Waals surface area contributed by atoms with E-state index < -0.39 is 22.5 Å². The van der Waals surface area contributed by atoms with Crippen LogP contribution in [0.2, 0.25) is 0 Å². The molecule has 1 aromatic heterocycles. The van der Waals surface area contributed by atoms with E-state index in [-0.39, 0.29) is 12.4 Å². The average molecular weight is 338 g/mol. The molecule has 0 radical (unpaired) electrons. The lowest BCUT2D eigenvalue weighted by atomic mass is 9.95. The molecule has 1 aliphatic carbocycles. The van der Waals surface area contributed by atoms with Crippen LogP contribution in [0.25, 0.3) is 0 Å². The fourth-order valence-electron chi connectivity index (χ4n) is 2.40. The van der Waals surface area contributed by atoms with Crippen molar-refractivity contribution >= 4 is 5.95 Å². The molecule has 0 spiro atoms. The van der Waals surface area contributed by atoms with Gasteiger partial charge >= 0.3 is 0 Å². The van der Waals surface area contributed by atoms with E-state index in [9.17, 15) is 14.9 Å². The third-order valence-electron chi connectivity index (χ3n) is 3.65. The molecule has 2 N–H and O–H groups in total. The van der Waals surface area contributed by atoms with E-state index in [4.69, 9.17) is 14.2 Å². The molecule has 0 amide bonds. The molecule has 1 heterocycles. The first-order valence-electron chi connectivity index (χ1n) is 6.96. The van der Waals surface area contributed by atoms with E-state index in [1.165, 1.54) is 27.5 Å². The molecule has 24 heavy (non-hydrogen) atoms. The molecule has 1 aromatic rings. The molecule has 0 saturated carbocycles. The predicted molar refractivity (Wildman–Crippen MR) is 83.9 cm³/mol. The molecule has 0 bridgehead atoms. The second kappa shape index (κ2) is 7.34. The molecule has 0 aromatic carbocycles. The molecule has 2 rings (SSSR count). The summed E-state index contributed by atoms with van der Waals surface area (Å²) >= 11 is 0. The maximum absolute atomic E-state index is 12.0. The van der Waals surface area contributed by atoms with Crippen molar-refractivity contribution < 1.29 is 19.2 Å². The van der Waals surface area contributed by atoms with Crippen molar-refractivity contribution in [2.24, 2.45) is 0 Å². The molecular formula is C14H18N4O6. The normalized spacial score (nSPS) is 19.0. The molecule has 0 aliphatic heterocycles. The van der Waals surface area contributed by atoms with Crippen molar-refractivity contribution in [3.63, 3.8) is 0 Å². The van der Waals surface area contributed by atoms with Crippen molar-refractivity contribution in [2.75, 3.05) is 26.8 Å². The predicted octanol–water partition coefficient (Wildman–Crippen LogP) is 0.416. The fraction of sp³-hybridized carbons (Fsp3) is 0.429. The first-order valence-corrected chi connectivity index (χ1v) is 6.96. The van der Waals surface area contributed by atoms with E-state index in [1.807, 2.05) is 0 Å².